The van der Waals surface area contributed by atoms with Gasteiger partial charge in [-0.25, -0.2) is 4.98 Å². The minimum absolute atomic E-state index is 0.128. The molecule has 0 radical (unpaired) electrons. The molecule has 0 saturated heterocycles. The number of ether oxygens (including phenoxy) is 1. The average Bonchev–Trinajstić information content (AvgIpc) is 3.48. The molecule has 30 heavy (non-hydrogen) atoms. The Labute approximate surface area is 179 Å². The highest BCUT2D eigenvalue weighted by Gasteiger charge is 2.16. The predicted octanol–water partition coefficient (Wildman–Crippen LogP) is 5.33. The maximum Gasteiger partial charge on any atom is 0.183 e. The zero-order valence-corrected chi connectivity index (χ0v) is 17.6. The highest BCUT2D eigenvalue weighted by Crippen LogP contribution is 2.32. The van der Waals surface area contributed by atoms with Gasteiger partial charge in [-0.1, -0.05) is 30.3 Å². The minimum Gasteiger partial charge on any atom is -0.493 e. The summed E-state index contributed by atoms with van der Waals surface area (Å²) in [6.07, 6.45) is 3.39. The van der Waals surface area contributed by atoms with E-state index in [1.807, 2.05) is 60.2 Å². The molecule has 0 spiro atoms. The molecule has 0 N–H and O–H groups in total. The van der Waals surface area contributed by atoms with Crippen LogP contribution in [0.3, 0.4) is 0 Å². The molecule has 5 rings (SSSR count). The number of nitrogens with zero attached hydrogens (tertiary/aromatic N) is 2. The Kier molecular flexibility index (Phi) is 4.97. The Hall–Kier alpha value is -3.18. The van der Waals surface area contributed by atoms with E-state index in [1.54, 1.807) is 11.3 Å². The Balaban J connectivity index is 1.36. The number of carbonyl (C=O) groups is 1. The van der Waals surface area contributed by atoms with Crippen LogP contribution in [-0.2, 0) is 19.4 Å². The standard InChI is InChI=1S/C25H22N2O2S/c1-17-11-22(23(28)12-18-5-3-2-4-6-18)27(14-17)15-21-16-30-25(26-21)20-7-8-24-19(13-20)9-10-29-24/h2-8,11,13-14,16H,9-10,12,15H2,1H3. The highest BCUT2D eigenvalue weighted by atomic mass is 32.1. The first-order chi connectivity index (χ1) is 14.7. The van der Waals surface area contributed by atoms with Crippen molar-refractivity contribution in [3.63, 3.8) is 0 Å². The van der Waals surface area contributed by atoms with Crippen LogP contribution in [0.25, 0.3) is 10.6 Å². The molecular formula is C25H22N2O2S. The summed E-state index contributed by atoms with van der Waals surface area (Å²) in [4.78, 5) is 17.8. The van der Waals surface area contributed by atoms with Gasteiger partial charge in [0.15, 0.2) is 5.78 Å². The van der Waals surface area contributed by atoms with Crippen LogP contribution in [0.15, 0.2) is 66.2 Å². The molecule has 3 heterocycles. The lowest BCUT2D eigenvalue weighted by Gasteiger charge is -2.07. The third-order valence-corrected chi connectivity index (χ3v) is 6.29. The van der Waals surface area contributed by atoms with Crippen molar-refractivity contribution in [3.05, 3.63) is 94.3 Å². The average molecular weight is 415 g/mol. The number of ketones is 1. The van der Waals surface area contributed by atoms with Crippen molar-refractivity contribution in [3.8, 4) is 16.3 Å². The number of rotatable bonds is 6. The molecule has 0 fully saturated rings. The van der Waals surface area contributed by atoms with Crippen LogP contribution in [-0.4, -0.2) is 21.9 Å². The second-order valence-electron chi connectivity index (χ2n) is 7.68. The van der Waals surface area contributed by atoms with Gasteiger partial charge in [-0.15, -0.1) is 11.3 Å². The lowest BCUT2D eigenvalue weighted by molar-refractivity contribution is 0.0984. The van der Waals surface area contributed by atoms with Crippen LogP contribution < -0.4 is 4.74 Å². The number of thiazole rings is 1. The van der Waals surface area contributed by atoms with E-state index in [2.05, 4.69) is 17.5 Å². The van der Waals surface area contributed by atoms with Gasteiger partial charge in [0, 0.05) is 30.0 Å². The zero-order chi connectivity index (χ0) is 20.5. The van der Waals surface area contributed by atoms with E-state index in [0.29, 0.717) is 13.0 Å². The Morgan fingerprint density at radius 3 is 2.90 bits per heavy atom. The zero-order valence-electron chi connectivity index (χ0n) is 16.8. The van der Waals surface area contributed by atoms with Crippen LogP contribution in [0, 0.1) is 6.92 Å². The number of Topliss-reactive ketones (excluding diaryl/α,β-unsaturated/α-hetero) is 1. The summed E-state index contributed by atoms with van der Waals surface area (Å²) in [5.74, 6) is 1.11. The molecule has 0 saturated carbocycles. The third-order valence-electron chi connectivity index (χ3n) is 5.35. The number of aryl methyl sites for hydroxylation is 1. The first kappa shape index (κ1) is 18.8. The monoisotopic (exact) mass is 414 g/mol. The van der Waals surface area contributed by atoms with E-state index in [4.69, 9.17) is 9.72 Å². The van der Waals surface area contributed by atoms with Crippen molar-refractivity contribution in [2.45, 2.75) is 26.3 Å². The molecule has 0 bridgehead atoms. The van der Waals surface area contributed by atoms with Crippen LogP contribution >= 0.6 is 11.3 Å². The number of hydrogen-bond donors (Lipinski definition) is 0. The molecule has 1 aliphatic heterocycles. The second kappa shape index (κ2) is 7.92. The number of fused-ring (bicyclic) bond motifs is 1. The second-order valence-corrected chi connectivity index (χ2v) is 8.54. The van der Waals surface area contributed by atoms with Gasteiger partial charge in [0.25, 0.3) is 0 Å². The fraction of sp³-hybridized carbons (Fsp3) is 0.200. The summed E-state index contributed by atoms with van der Waals surface area (Å²) >= 11 is 1.64. The van der Waals surface area contributed by atoms with Gasteiger partial charge in [0.1, 0.15) is 10.8 Å². The van der Waals surface area contributed by atoms with E-state index in [-0.39, 0.29) is 5.78 Å². The van der Waals surface area contributed by atoms with Gasteiger partial charge < -0.3 is 9.30 Å². The van der Waals surface area contributed by atoms with Crippen molar-refractivity contribution < 1.29 is 9.53 Å². The van der Waals surface area contributed by atoms with Gasteiger partial charge in [-0.05, 0) is 47.9 Å². The van der Waals surface area contributed by atoms with Crippen molar-refractivity contribution in [1.29, 1.82) is 0 Å². The molecule has 5 heteroatoms. The molecular weight excluding hydrogens is 392 g/mol. The topological polar surface area (TPSA) is 44.1 Å². The maximum absolute atomic E-state index is 12.9. The Bertz CT molecular complexity index is 1210. The molecule has 0 aliphatic carbocycles. The van der Waals surface area contributed by atoms with Crippen molar-refractivity contribution in [1.82, 2.24) is 9.55 Å². The molecule has 1 aliphatic rings. The largest absolute Gasteiger partial charge is 0.493 e. The Morgan fingerprint density at radius 1 is 1.17 bits per heavy atom. The highest BCUT2D eigenvalue weighted by molar-refractivity contribution is 7.13. The normalized spacial score (nSPS) is 12.6. The number of carbonyl (C=O) groups excluding carboxylic acids is 1. The predicted molar refractivity (Wildman–Crippen MR) is 119 cm³/mol. The van der Waals surface area contributed by atoms with Crippen molar-refractivity contribution in [2.24, 2.45) is 0 Å². The smallest absolute Gasteiger partial charge is 0.183 e. The van der Waals surface area contributed by atoms with E-state index >= 15 is 0 Å². The molecule has 2 aromatic heterocycles. The molecule has 2 aromatic carbocycles. The van der Waals surface area contributed by atoms with Crippen molar-refractivity contribution in [2.75, 3.05) is 6.61 Å². The summed E-state index contributed by atoms with van der Waals surface area (Å²) < 4.78 is 7.63. The molecule has 0 amide bonds. The minimum atomic E-state index is 0.128. The molecule has 150 valence electrons. The summed E-state index contributed by atoms with van der Waals surface area (Å²) in [7, 11) is 0. The fourth-order valence-electron chi connectivity index (χ4n) is 3.90. The lowest BCUT2D eigenvalue weighted by Crippen LogP contribution is -2.11. The molecule has 0 unspecified atom stereocenters. The van der Waals surface area contributed by atoms with Crippen LogP contribution in [0.4, 0.5) is 0 Å². The SMILES string of the molecule is Cc1cc(C(=O)Cc2ccccc2)n(Cc2csc(-c3ccc4c(c3)CCO4)n2)c1. The fourth-order valence-corrected chi connectivity index (χ4v) is 4.71. The van der Waals surface area contributed by atoms with Crippen LogP contribution in [0.2, 0.25) is 0 Å². The molecule has 4 aromatic rings. The van der Waals surface area contributed by atoms with Crippen LogP contribution in [0.5, 0.6) is 5.75 Å². The Morgan fingerprint density at radius 2 is 2.03 bits per heavy atom. The van der Waals surface area contributed by atoms with E-state index < -0.39 is 0 Å². The summed E-state index contributed by atoms with van der Waals surface area (Å²) in [5.41, 5.74) is 6.19. The lowest BCUT2D eigenvalue weighted by atomic mass is 10.1. The van der Waals surface area contributed by atoms with Gasteiger partial charge >= 0.3 is 0 Å². The number of hydrogen-bond acceptors (Lipinski definition) is 4. The maximum atomic E-state index is 12.9. The molecule has 0 atom stereocenters. The first-order valence-corrected chi connectivity index (χ1v) is 11.0. The van der Waals surface area contributed by atoms with Gasteiger partial charge in [0.2, 0.25) is 0 Å². The number of aromatic nitrogens is 2. The number of benzene rings is 2. The summed E-state index contributed by atoms with van der Waals surface area (Å²) in [6, 6.07) is 18.1. The summed E-state index contributed by atoms with van der Waals surface area (Å²) in [6.45, 7) is 3.37. The van der Waals surface area contributed by atoms with Crippen LogP contribution in [0.1, 0.15) is 32.9 Å². The van der Waals surface area contributed by atoms with Gasteiger partial charge in [0.05, 0.1) is 24.5 Å². The van der Waals surface area contributed by atoms with E-state index in [0.717, 1.165) is 51.9 Å². The van der Waals surface area contributed by atoms with Gasteiger partial charge in [-0.2, -0.15) is 0 Å². The first-order valence-electron chi connectivity index (χ1n) is 10.1. The van der Waals surface area contributed by atoms with Crippen molar-refractivity contribution >= 4 is 17.1 Å². The summed E-state index contributed by atoms with van der Waals surface area (Å²) in [5, 5.41) is 3.08. The third kappa shape index (κ3) is 3.81. The van der Waals surface area contributed by atoms with Gasteiger partial charge in [-0.3, -0.25) is 4.79 Å². The molecule has 4 nitrogen and oxygen atoms in total. The van der Waals surface area contributed by atoms with E-state index in [9.17, 15) is 4.79 Å². The van der Waals surface area contributed by atoms with E-state index in [1.165, 1.54) is 5.56 Å². The quantitative estimate of drug-likeness (QED) is 0.401.